The lowest BCUT2D eigenvalue weighted by molar-refractivity contribution is 0.600. The molecule has 0 radical (unpaired) electrons. The molecule has 0 spiro atoms. The average molecular weight is 390 g/mol. The number of H-pyrrole nitrogens is 1. The van der Waals surface area contributed by atoms with Gasteiger partial charge in [-0.3, -0.25) is 9.78 Å². The van der Waals surface area contributed by atoms with Crippen molar-refractivity contribution in [3.63, 3.8) is 0 Å². The fourth-order valence-corrected chi connectivity index (χ4v) is 3.67. The number of rotatable bonds is 5. The van der Waals surface area contributed by atoms with Crippen LogP contribution in [0.15, 0.2) is 64.3 Å². The molecular formula is C18H16ClN3O3S. The highest BCUT2D eigenvalue weighted by Crippen LogP contribution is 2.19. The van der Waals surface area contributed by atoms with Gasteiger partial charge in [0.05, 0.1) is 10.6 Å². The van der Waals surface area contributed by atoms with Gasteiger partial charge in [-0.15, -0.1) is 0 Å². The minimum Gasteiger partial charge on any atom is -0.292 e. The summed E-state index contributed by atoms with van der Waals surface area (Å²) in [5.41, 5.74) is 1.24. The van der Waals surface area contributed by atoms with Gasteiger partial charge in [-0.2, -0.15) is 0 Å². The molecule has 2 N–H and O–H groups in total. The molecule has 1 heterocycles. The van der Waals surface area contributed by atoms with Crippen molar-refractivity contribution in [1.82, 2.24) is 9.97 Å². The Hall–Kier alpha value is -2.64. The second kappa shape index (κ2) is 7.31. The molecule has 0 fully saturated rings. The molecule has 0 amide bonds. The van der Waals surface area contributed by atoms with Crippen LogP contribution in [-0.4, -0.2) is 18.4 Å². The van der Waals surface area contributed by atoms with Gasteiger partial charge in [-0.05, 0) is 30.7 Å². The van der Waals surface area contributed by atoms with Crippen LogP contribution in [0.2, 0.25) is 5.02 Å². The van der Waals surface area contributed by atoms with E-state index in [1.807, 2.05) is 18.2 Å². The summed E-state index contributed by atoms with van der Waals surface area (Å²) in [6, 6.07) is 15.1. The van der Waals surface area contributed by atoms with Crippen molar-refractivity contribution in [3.8, 4) is 0 Å². The van der Waals surface area contributed by atoms with Gasteiger partial charge in [0, 0.05) is 17.0 Å². The van der Waals surface area contributed by atoms with E-state index in [1.165, 1.54) is 12.1 Å². The first kappa shape index (κ1) is 18.2. The van der Waals surface area contributed by atoms with Crippen LogP contribution in [-0.2, 0) is 16.4 Å². The summed E-state index contributed by atoms with van der Waals surface area (Å²) in [4.78, 5) is 19.2. The normalized spacial score (nSPS) is 11.3. The topological polar surface area (TPSA) is 91.9 Å². The summed E-state index contributed by atoms with van der Waals surface area (Å²) >= 11 is 6.14. The molecule has 0 saturated heterocycles. The standard InChI is InChI=1S/C18H16ClN3O3S/c1-12-15(11-13-7-5-6-10-16(13)19)17(23)21-18(20-12)22-26(24,25)14-8-3-2-4-9-14/h2-10H,11H2,1H3,(H2,20,21,22,23). The molecule has 134 valence electrons. The number of benzene rings is 2. The highest BCUT2D eigenvalue weighted by Gasteiger charge is 2.17. The molecule has 1 aromatic heterocycles. The van der Waals surface area contributed by atoms with E-state index in [0.717, 1.165) is 5.56 Å². The van der Waals surface area contributed by atoms with E-state index in [1.54, 1.807) is 31.2 Å². The highest BCUT2D eigenvalue weighted by atomic mass is 35.5. The second-order valence-electron chi connectivity index (χ2n) is 5.67. The number of nitrogens with one attached hydrogen (secondary N) is 2. The van der Waals surface area contributed by atoms with Gasteiger partial charge in [0.2, 0.25) is 5.95 Å². The number of anilines is 1. The van der Waals surface area contributed by atoms with Crippen LogP contribution in [0.25, 0.3) is 0 Å². The molecular weight excluding hydrogens is 374 g/mol. The number of hydrogen-bond acceptors (Lipinski definition) is 4. The van der Waals surface area contributed by atoms with Crippen LogP contribution in [0.3, 0.4) is 0 Å². The monoisotopic (exact) mass is 389 g/mol. The van der Waals surface area contributed by atoms with Crippen molar-refractivity contribution < 1.29 is 8.42 Å². The summed E-state index contributed by atoms with van der Waals surface area (Å²) in [5.74, 6) is -0.126. The third-order valence-corrected chi connectivity index (χ3v) is 5.56. The van der Waals surface area contributed by atoms with Crippen molar-refractivity contribution >= 4 is 27.6 Å². The van der Waals surface area contributed by atoms with Gasteiger partial charge < -0.3 is 0 Å². The number of nitrogens with zero attached hydrogens (tertiary/aromatic N) is 1. The second-order valence-corrected chi connectivity index (χ2v) is 7.75. The molecule has 0 unspecified atom stereocenters. The van der Waals surface area contributed by atoms with Crippen molar-refractivity contribution in [3.05, 3.63) is 86.8 Å². The smallest absolute Gasteiger partial charge is 0.264 e. The van der Waals surface area contributed by atoms with E-state index < -0.39 is 15.6 Å². The van der Waals surface area contributed by atoms with Gasteiger partial charge in [-0.1, -0.05) is 48.0 Å². The molecule has 3 aromatic rings. The predicted octanol–water partition coefficient (Wildman–Crippen LogP) is 3.12. The van der Waals surface area contributed by atoms with Crippen LogP contribution in [0.5, 0.6) is 0 Å². The van der Waals surface area contributed by atoms with Gasteiger partial charge >= 0.3 is 0 Å². The van der Waals surface area contributed by atoms with Crippen LogP contribution in [0.1, 0.15) is 16.8 Å². The Kier molecular flexibility index (Phi) is 5.11. The van der Waals surface area contributed by atoms with E-state index in [9.17, 15) is 13.2 Å². The number of hydrogen-bond donors (Lipinski definition) is 2. The zero-order chi connectivity index (χ0) is 18.7. The fourth-order valence-electron chi connectivity index (χ4n) is 2.49. The largest absolute Gasteiger partial charge is 0.292 e. The molecule has 26 heavy (non-hydrogen) atoms. The van der Waals surface area contributed by atoms with E-state index in [4.69, 9.17) is 11.6 Å². The Morgan fingerprint density at radius 3 is 2.38 bits per heavy atom. The van der Waals surface area contributed by atoms with E-state index in [2.05, 4.69) is 14.7 Å². The fraction of sp³-hybridized carbons (Fsp3) is 0.111. The summed E-state index contributed by atoms with van der Waals surface area (Å²) < 4.78 is 27.0. The van der Waals surface area contributed by atoms with E-state index >= 15 is 0 Å². The lowest BCUT2D eigenvalue weighted by Gasteiger charge is -2.10. The van der Waals surface area contributed by atoms with E-state index in [-0.39, 0.29) is 10.8 Å². The zero-order valence-electron chi connectivity index (χ0n) is 13.9. The van der Waals surface area contributed by atoms with Crippen LogP contribution >= 0.6 is 11.6 Å². The van der Waals surface area contributed by atoms with Crippen molar-refractivity contribution in [1.29, 1.82) is 0 Å². The maximum atomic E-state index is 12.4. The minimum absolute atomic E-state index is 0.0837. The number of halogens is 1. The third-order valence-electron chi connectivity index (χ3n) is 3.83. The SMILES string of the molecule is Cc1nc(NS(=O)(=O)c2ccccc2)[nH]c(=O)c1Cc1ccccc1Cl. The Balaban J connectivity index is 1.91. The molecule has 0 aliphatic rings. The summed E-state index contributed by atoms with van der Waals surface area (Å²) in [5, 5.41) is 0.556. The first-order valence-electron chi connectivity index (χ1n) is 7.78. The Morgan fingerprint density at radius 2 is 1.73 bits per heavy atom. The molecule has 8 heteroatoms. The van der Waals surface area contributed by atoms with Crippen molar-refractivity contribution in [2.24, 2.45) is 0 Å². The average Bonchev–Trinajstić information content (AvgIpc) is 2.60. The molecule has 2 aromatic carbocycles. The number of aryl methyl sites for hydroxylation is 1. The van der Waals surface area contributed by atoms with Crippen LogP contribution in [0.4, 0.5) is 5.95 Å². The van der Waals surface area contributed by atoms with Gasteiger partial charge in [-0.25, -0.2) is 18.1 Å². The highest BCUT2D eigenvalue weighted by molar-refractivity contribution is 7.92. The first-order chi connectivity index (χ1) is 12.4. The zero-order valence-corrected chi connectivity index (χ0v) is 15.4. The Bertz CT molecular complexity index is 1100. The minimum atomic E-state index is -3.83. The molecule has 0 saturated carbocycles. The molecule has 6 nitrogen and oxygen atoms in total. The van der Waals surface area contributed by atoms with Gasteiger partial charge in [0.15, 0.2) is 0 Å². The maximum Gasteiger partial charge on any atom is 0.264 e. The Morgan fingerprint density at radius 1 is 1.08 bits per heavy atom. The van der Waals surface area contributed by atoms with Crippen LogP contribution < -0.4 is 10.3 Å². The first-order valence-corrected chi connectivity index (χ1v) is 9.64. The van der Waals surface area contributed by atoms with Gasteiger partial charge in [0.1, 0.15) is 0 Å². The molecule has 0 aliphatic carbocycles. The Labute approximate surface area is 155 Å². The summed E-state index contributed by atoms with van der Waals surface area (Å²) in [7, 11) is -3.83. The third kappa shape index (κ3) is 3.95. The predicted molar refractivity (Wildman–Crippen MR) is 101 cm³/mol. The molecule has 3 rings (SSSR count). The molecule has 0 bridgehead atoms. The lowest BCUT2D eigenvalue weighted by Crippen LogP contribution is -2.22. The van der Waals surface area contributed by atoms with Gasteiger partial charge in [0.25, 0.3) is 15.6 Å². The van der Waals surface area contributed by atoms with Crippen LogP contribution in [0, 0.1) is 6.92 Å². The summed E-state index contributed by atoms with van der Waals surface area (Å²) in [6.45, 7) is 1.65. The quantitative estimate of drug-likeness (QED) is 0.701. The van der Waals surface area contributed by atoms with E-state index in [0.29, 0.717) is 22.7 Å². The number of sulfonamides is 1. The van der Waals surface area contributed by atoms with Crippen molar-refractivity contribution in [2.45, 2.75) is 18.2 Å². The summed E-state index contributed by atoms with van der Waals surface area (Å²) in [6.07, 6.45) is 0.305. The molecule has 0 atom stereocenters. The maximum absolute atomic E-state index is 12.4. The molecule has 0 aliphatic heterocycles. The van der Waals surface area contributed by atoms with Crippen molar-refractivity contribution in [2.75, 3.05) is 4.72 Å². The lowest BCUT2D eigenvalue weighted by atomic mass is 10.1. The number of aromatic nitrogens is 2. The number of aromatic amines is 1.